The number of carboxylic acids is 1. The van der Waals surface area contributed by atoms with Gasteiger partial charge in [-0.2, -0.15) is 9.40 Å². The molecule has 0 amide bonds. The van der Waals surface area contributed by atoms with Gasteiger partial charge in [0.15, 0.2) is 5.03 Å². The first-order chi connectivity index (χ1) is 9.64. The summed E-state index contributed by atoms with van der Waals surface area (Å²) in [6.45, 7) is 7.27. The fraction of sp³-hybridized carbons (Fsp3) is 0.692. The molecule has 1 saturated heterocycles. The molecule has 0 bridgehead atoms. The predicted octanol–water partition coefficient (Wildman–Crippen LogP) is 1.55. The quantitative estimate of drug-likeness (QED) is 0.881. The third-order valence-corrected chi connectivity index (χ3v) is 5.98. The molecule has 7 nitrogen and oxygen atoms in total. The zero-order valence-electron chi connectivity index (χ0n) is 12.5. The molecular weight excluding hydrogens is 294 g/mol. The smallest absolute Gasteiger partial charge is 0.340 e. The third-order valence-electron chi connectivity index (χ3n) is 4.11. The van der Waals surface area contributed by atoms with Gasteiger partial charge >= 0.3 is 5.97 Å². The first-order valence-electron chi connectivity index (χ1n) is 6.91. The van der Waals surface area contributed by atoms with Gasteiger partial charge in [-0.3, -0.25) is 5.10 Å². The van der Waals surface area contributed by atoms with Crippen LogP contribution in [0.1, 0.15) is 44.0 Å². The summed E-state index contributed by atoms with van der Waals surface area (Å²) in [5.41, 5.74) is -0.163. The standard InChI is InChI=1S/C13H21N3O4S/c1-13(2,3)9-4-6-16(7-5-9)21(19,20)11-10(12(17)18)8-14-15-11/h8-9H,4-7H2,1-3H3,(H,14,15)(H,17,18). The molecule has 0 spiro atoms. The maximum absolute atomic E-state index is 12.5. The van der Waals surface area contributed by atoms with Crippen molar-refractivity contribution in [3.8, 4) is 0 Å². The van der Waals surface area contributed by atoms with Gasteiger partial charge in [-0.25, -0.2) is 13.2 Å². The van der Waals surface area contributed by atoms with Crippen molar-refractivity contribution in [2.24, 2.45) is 11.3 Å². The summed E-state index contributed by atoms with van der Waals surface area (Å²) in [5, 5.41) is 14.5. The van der Waals surface area contributed by atoms with Crippen molar-refractivity contribution < 1.29 is 18.3 Å². The molecule has 0 aromatic carbocycles. The van der Waals surface area contributed by atoms with E-state index in [4.69, 9.17) is 5.11 Å². The lowest BCUT2D eigenvalue weighted by atomic mass is 9.76. The first kappa shape index (κ1) is 16.0. The molecule has 0 unspecified atom stereocenters. The Morgan fingerprint density at radius 1 is 1.38 bits per heavy atom. The van der Waals surface area contributed by atoms with Crippen LogP contribution in [-0.2, 0) is 10.0 Å². The highest BCUT2D eigenvalue weighted by atomic mass is 32.2. The fourth-order valence-electron chi connectivity index (χ4n) is 2.71. The van der Waals surface area contributed by atoms with Crippen LogP contribution in [0, 0.1) is 11.3 Å². The molecule has 2 heterocycles. The average Bonchev–Trinajstić information content (AvgIpc) is 2.88. The number of nitrogens with one attached hydrogen (secondary N) is 1. The van der Waals surface area contributed by atoms with Crippen molar-refractivity contribution in [1.29, 1.82) is 0 Å². The Kier molecular flexibility index (Phi) is 4.12. The van der Waals surface area contributed by atoms with E-state index < -0.39 is 16.0 Å². The lowest BCUT2D eigenvalue weighted by Gasteiger charge is -2.38. The zero-order chi connectivity index (χ0) is 15.8. The Hall–Kier alpha value is -1.41. The van der Waals surface area contributed by atoms with E-state index in [-0.39, 0.29) is 16.0 Å². The minimum Gasteiger partial charge on any atom is -0.478 e. The van der Waals surface area contributed by atoms with Gasteiger partial charge in [0.1, 0.15) is 5.56 Å². The molecule has 2 rings (SSSR count). The highest BCUT2D eigenvalue weighted by Crippen LogP contribution is 2.35. The number of carbonyl (C=O) groups is 1. The number of H-pyrrole nitrogens is 1. The molecule has 8 heteroatoms. The number of sulfonamides is 1. The maximum Gasteiger partial charge on any atom is 0.340 e. The van der Waals surface area contributed by atoms with Crippen LogP contribution in [0.25, 0.3) is 0 Å². The molecule has 1 fully saturated rings. The second-order valence-electron chi connectivity index (χ2n) is 6.46. The first-order valence-corrected chi connectivity index (χ1v) is 8.35. The number of rotatable bonds is 3. The van der Waals surface area contributed by atoms with Crippen molar-refractivity contribution in [3.63, 3.8) is 0 Å². The van der Waals surface area contributed by atoms with Crippen molar-refractivity contribution in [2.45, 2.75) is 38.6 Å². The van der Waals surface area contributed by atoms with Crippen LogP contribution < -0.4 is 0 Å². The normalized spacial score (nSPS) is 18.8. The number of aromatic nitrogens is 2. The van der Waals surface area contributed by atoms with Gasteiger partial charge in [0.05, 0.1) is 6.20 Å². The van der Waals surface area contributed by atoms with Crippen molar-refractivity contribution in [1.82, 2.24) is 14.5 Å². The molecule has 0 radical (unpaired) electrons. The minimum absolute atomic E-state index is 0.149. The average molecular weight is 315 g/mol. The highest BCUT2D eigenvalue weighted by Gasteiger charge is 2.36. The fourth-order valence-corrected chi connectivity index (χ4v) is 4.25. The maximum atomic E-state index is 12.5. The Morgan fingerprint density at radius 3 is 2.43 bits per heavy atom. The molecule has 0 aliphatic carbocycles. The largest absolute Gasteiger partial charge is 0.478 e. The summed E-state index contributed by atoms with van der Waals surface area (Å²) in [7, 11) is -3.83. The number of aromatic carboxylic acids is 1. The van der Waals surface area contributed by atoms with E-state index >= 15 is 0 Å². The zero-order valence-corrected chi connectivity index (χ0v) is 13.3. The summed E-state index contributed by atoms with van der Waals surface area (Å²) in [6.07, 6.45) is 2.58. The Bertz CT molecular complexity index is 622. The van der Waals surface area contributed by atoms with E-state index in [1.165, 1.54) is 4.31 Å². The van der Waals surface area contributed by atoms with Crippen LogP contribution in [0.15, 0.2) is 11.2 Å². The molecular formula is C13H21N3O4S. The summed E-state index contributed by atoms with van der Waals surface area (Å²) in [6, 6.07) is 0. The molecule has 118 valence electrons. The third kappa shape index (κ3) is 3.11. The molecule has 2 N–H and O–H groups in total. The number of hydrogen-bond donors (Lipinski definition) is 2. The topological polar surface area (TPSA) is 103 Å². The Labute approximate surface area is 124 Å². The van der Waals surface area contributed by atoms with Gasteiger partial charge < -0.3 is 5.11 Å². The molecule has 21 heavy (non-hydrogen) atoms. The van der Waals surface area contributed by atoms with Crippen LogP contribution in [-0.4, -0.2) is 47.1 Å². The second kappa shape index (κ2) is 5.42. The molecule has 1 aromatic rings. The van der Waals surface area contributed by atoms with Gasteiger partial charge in [-0.15, -0.1) is 0 Å². The van der Waals surface area contributed by atoms with E-state index in [2.05, 4.69) is 31.0 Å². The summed E-state index contributed by atoms with van der Waals surface area (Å²) in [5.74, 6) is -0.837. The molecule has 0 saturated carbocycles. The number of piperidine rings is 1. The number of hydrogen-bond acceptors (Lipinski definition) is 4. The molecule has 0 atom stereocenters. The van der Waals surface area contributed by atoms with Crippen LogP contribution >= 0.6 is 0 Å². The Morgan fingerprint density at radius 2 is 1.95 bits per heavy atom. The molecule has 1 aromatic heterocycles. The lowest BCUT2D eigenvalue weighted by Crippen LogP contribution is -2.41. The number of nitrogens with zero attached hydrogens (tertiary/aromatic N) is 2. The van der Waals surface area contributed by atoms with Crippen LogP contribution in [0.3, 0.4) is 0 Å². The molecule has 1 aliphatic rings. The molecule has 1 aliphatic heterocycles. The summed E-state index contributed by atoms with van der Waals surface area (Å²) < 4.78 is 26.4. The van der Waals surface area contributed by atoms with Crippen molar-refractivity contribution >= 4 is 16.0 Å². The SMILES string of the molecule is CC(C)(C)C1CCN(S(=O)(=O)c2[nH]ncc2C(=O)O)CC1. The van der Waals surface area contributed by atoms with Crippen LogP contribution in [0.2, 0.25) is 0 Å². The van der Waals surface area contributed by atoms with E-state index in [1.54, 1.807) is 0 Å². The lowest BCUT2D eigenvalue weighted by molar-refractivity contribution is 0.0692. The van der Waals surface area contributed by atoms with Crippen molar-refractivity contribution in [2.75, 3.05) is 13.1 Å². The van der Waals surface area contributed by atoms with Gasteiger partial charge in [0.2, 0.25) is 0 Å². The van der Waals surface area contributed by atoms with Crippen molar-refractivity contribution in [3.05, 3.63) is 11.8 Å². The van der Waals surface area contributed by atoms with Crippen LogP contribution in [0.5, 0.6) is 0 Å². The van der Waals surface area contributed by atoms with Gasteiger partial charge in [0, 0.05) is 13.1 Å². The van der Waals surface area contributed by atoms with Gasteiger partial charge in [0.25, 0.3) is 10.0 Å². The van der Waals surface area contributed by atoms with E-state index in [0.29, 0.717) is 19.0 Å². The number of aromatic amines is 1. The van der Waals surface area contributed by atoms with E-state index in [1.807, 2.05) is 0 Å². The predicted molar refractivity (Wildman–Crippen MR) is 76.5 cm³/mol. The highest BCUT2D eigenvalue weighted by molar-refractivity contribution is 7.89. The Balaban J connectivity index is 2.19. The second-order valence-corrected chi connectivity index (χ2v) is 8.34. The monoisotopic (exact) mass is 315 g/mol. The van der Waals surface area contributed by atoms with E-state index in [0.717, 1.165) is 19.0 Å². The summed E-state index contributed by atoms with van der Waals surface area (Å²) >= 11 is 0. The van der Waals surface area contributed by atoms with Gasteiger partial charge in [-0.1, -0.05) is 20.8 Å². The summed E-state index contributed by atoms with van der Waals surface area (Å²) in [4.78, 5) is 11.1. The minimum atomic E-state index is -3.83. The number of carboxylic acid groups (broad SMARTS) is 1. The van der Waals surface area contributed by atoms with E-state index in [9.17, 15) is 13.2 Å². The van der Waals surface area contributed by atoms with Crippen LogP contribution in [0.4, 0.5) is 0 Å². The van der Waals surface area contributed by atoms with Gasteiger partial charge in [-0.05, 0) is 24.2 Å².